The maximum Gasteiger partial charge on any atom is 0.254 e. The molecule has 2 fully saturated rings. The molecule has 108 valence electrons. The molecule has 2 aliphatic rings. The Labute approximate surface area is 126 Å². The molecule has 0 unspecified atom stereocenters. The lowest BCUT2D eigenvalue weighted by Gasteiger charge is -2.25. The van der Waals surface area contributed by atoms with Gasteiger partial charge in [-0.05, 0) is 25.0 Å². The number of nitrogens with zero attached hydrogens (tertiary/aromatic N) is 5. The zero-order valence-corrected chi connectivity index (χ0v) is 12.2. The molecule has 0 N–H and O–H groups in total. The molecule has 0 bridgehead atoms. The van der Waals surface area contributed by atoms with Crippen LogP contribution in [-0.2, 0) is 0 Å². The number of pyridine rings is 1. The zero-order valence-electron chi connectivity index (χ0n) is 11.4. The van der Waals surface area contributed by atoms with E-state index >= 15 is 0 Å². The molecular formula is C14H15N5OS. The molecule has 21 heavy (non-hydrogen) atoms. The molecule has 2 saturated heterocycles. The number of carbonyl (C=O) groups excluding carboxylic acids is 1. The average molecular weight is 301 g/mol. The van der Waals surface area contributed by atoms with Gasteiger partial charge in [0.05, 0.1) is 12.1 Å². The topological polar surface area (TPSA) is 62.2 Å². The molecule has 0 spiro atoms. The Balaban J connectivity index is 1.55. The van der Waals surface area contributed by atoms with Gasteiger partial charge in [0, 0.05) is 31.0 Å². The number of carbonyl (C=O) groups is 1. The first-order valence-corrected chi connectivity index (χ1v) is 7.96. The number of fused-ring (bicyclic) bond motifs is 1. The normalized spacial score (nSPS) is 24.4. The second-order valence-corrected chi connectivity index (χ2v) is 6.17. The van der Waals surface area contributed by atoms with Gasteiger partial charge >= 0.3 is 0 Å². The van der Waals surface area contributed by atoms with Gasteiger partial charge in [0.2, 0.25) is 5.13 Å². The minimum Gasteiger partial charge on any atom is -0.341 e. The van der Waals surface area contributed by atoms with Crippen molar-refractivity contribution in [3.63, 3.8) is 0 Å². The molecule has 0 aromatic carbocycles. The van der Waals surface area contributed by atoms with Gasteiger partial charge < -0.3 is 9.80 Å². The minimum atomic E-state index is 0.115. The summed E-state index contributed by atoms with van der Waals surface area (Å²) < 4.78 is 0. The van der Waals surface area contributed by atoms with Crippen molar-refractivity contribution in [1.82, 2.24) is 20.1 Å². The Hall–Kier alpha value is -2.02. The molecule has 0 saturated carbocycles. The third-order valence-corrected chi connectivity index (χ3v) is 5.09. The van der Waals surface area contributed by atoms with Crippen molar-refractivity contribution in [3.8, 4) is 0 Å². The molecule has 2 aromatic rings. The van der Waals surface area contributed by atoms with Gasteiger partial charge in [0.25, 0.3) is 5.91 Å². The first-order chi connectivity index (χ1) is 10.3. The van der Waals surface area contributed by atoms with E-state index in [1.807, 2.05) is 4.90 Å². The van der Waals surface area contributed by atoms with Crippen LogP contribution >= 0.6 is 11.3 Å². The van der Waals surface area contributed by atoms with E-state index in [4.69, 9.17) is 0 Å². The monoisotopic (exact) mass is 301 g/mol. The molecule has 4 heterocycles. The fourth-order valence-corrected chi connectivity index (χ4v) is 4.07. The van der Waals surface area contributed by atoms with Crippen LogP contribution in [-0.4, -0.2) is 51.2 Å². The van der Waals surface area contributed by atoms with E-state index in [1.54, 1.807) is 41.4 Å². The van der Waals surface area contributed by atoms with Gasteiger partial charge in [-0.15, -0.1) is 10.2 Å². The van der Waals surface area contributed by atoms with Crippen molar-refractivity contribution >= 4 is 22.4 Å². The van der Waals surface area contributed by atoms with Crippen LogP contribution in [0.2, 0.25) is 0 Å². The number of hydrogen-bond acceptors (Lipinski definition) is 6. The van der Waals surface area contributed by atoms with Gasteiger partial charge in [-0.3, -0.25) is 9.78 Å². The smallest absolute Gasteiger partial charge is 0.254 e. The fourth-order valence-electron chi connectivity index (χ4n) is 3.43. The molecule has 6 nitrogen and oxygen atoms in total. The number of rotatable bonds is 2. The van der Waals surface area contributed by atoms with E-state index in [9.17, 15) is 4.79 Å². The van der Waals surface area contributed by atoms with Crippen molar-refractivity contribution in [2.75, 3.05) is 18.0 Å². The number of likely N-dealkylation sites (tertiary alicyclic amines) is 1. The highest BCUT2D eigenvalue weighted by atomic mass is 32.1. The Kier molecular flexibility index (Phi) is 3.07. The van der Waals surface area contributed by atoms with Crippen molar-refractivity contribution in [2.45, 2.75) is 24.9 Å². The highest BCUT2D eigenvalue weighted by molar-refractivity contribution is 7.13. The lowest BCUT2D eigenvalue weighted by Crippen LogP contribution is -2.39. The van der Waals surface area contributed by atoms with Gasteiger partial charge in [0.15, 0.2) is 0 Å². The van der Waals surface area contributed by atoms with Crippen LogP contribution in [0.25, 0.3) is 0 Å². The summed E-state index contributed by atoms with van der Waals surface area (Å²) in [5.41, 5.74) is 2.48. The summed E-state index contributed by atoms with van der Waals surface area (Å²) in [6.45, 7) is 1.76. The average Bonchev–Trinajstić information content (AvgIpc) is 3.24. The van der Waals surface area contributed by atoms with Crippen LogP contribution in [0.3, 0.4) is 0 Å². The Bertz CT molecular complexity index is 632. The summed E-state index contributed by atoms with van der Waals surface area (Å²) in [5, 5.41) is 9.06. The van der Waals surface area contributed by atoms with E-state index < -0.39 is 0 Å². The fraction of sp³-hybridized carbons (Fsp3) is 0.429. The third-order valence-electron chi connectivity index (χ3n) is 4.36. The Morgan fingerprint density at radius 2 is 2.00 bits per heavy atom. The maximum atomic E-state index is 12.6. The molecule has 2 atom stereocenters. The van der Waals surface area contributed by atoms with Crippen LogP contribution in [0.4, 0.5) is 5.13 Å². The predicted molar refractivity (Wildman–Crippen MR) is 79.3 cm³/mol. The van der Waals surface area contributed by atoms with Gasteiger partial charge in [-0.25, -0.2) is 0 Å². The van der Waals surface area contributed by atoms with Crippen LogP contribution in [0, 0.1) is 0 Å². The lowest BCUT2D eigenvalue weighted by molar-refractivity contribution is 0.0737. The predicted octanol–water partition coefficient (Wildman–Crippen LogP) is 1.43. The standard InChI is InChI=1S/C14H15N5OS/c20-13(10-1-5-15-6-2-10)18-7-3-12-11(18)4-8-19(12)14-17-16-9-21-14/h1-2,5-6,9,11-12H,3-4,7-8H2/t11-,12+/m1/s1. The first kappa shape index (κ1) is 12.7. The number of hydrogen-bond donors (Lipinski definition) is 0. The number of aromatic nitrogens is 3. The molecule has 0 aliphatic carbocycles. The van der Waals surface area contributed by atoms with E-state index in [0.29, 0.717) is 6.04 Å². The van der Waals surface area contributed by atoms with Gasteiger partial charge in [-0.1, -0.05) is 11.3 Å². The second-order valence-electron chi connectivity index (χ2n) is 5.36. The maximum absolute atomic E-state index is 12.6. The van der Waals surface area contributed by atoms with Crippen molar-refractivity contribution in [3.05, 3.63) is 35.6 Å². The van der Waals surface area contributed by atoms with E-state index in [-0.39, 0.29) is 11.9 Å². The Morgan fingerprint density at radius 3 is 2.76 bits per heavy atom. The van der Waals surface area contributed by atoms with Crippen molar-refractivity contribution < 1.29 is 4.79 Å². The largest absolute Gasteiger partial charge is 0.341 e. The van der Waals surface area contributed by atoms with Gasteiger partial charge in [-0.2, -0.15) is 0 Å². The van der Waals surface area contributed by atoms with Crippen LogP contribution < -0.4 is 4.90 Å². The molecule has 1 amide bonds. The SMILES string of the molecule is O=C(c1ccncc1)N1CC[C@H]2[C@H]1CCN2c1nncs1. The lowest BCUT2D eigenvalue weighted by atomic mass is 10.1. The summed E-state index contributed by atoms with van der Waals surface area (Å²) in [5.74, 6) is 0.115. The number of amides is 1. The quantitative estimate of drug-likeness (QED) is 0.839. The number of anilines is 1. The molecule has 4 rings (SSSR count). The van der Waals surface area contributed by atoms with Crippen LogP contribution in [0.15, 0.2) is 30.0 Å². The summed E-state index contributed by atoms with van der Waals surface area (Å²) in [4.78, 5) is 20.9. The summed E-state index contributed by atoms with van der Waals surface area (Å²) in [7, 11) is 0. The van der Waals surface area contributed by atoms with Crippen LogP contribution in [0.5, 0.6) is 0 Å². The molecule has 2 aliphatic heterocycles. The van der Waals surface area contributed by atoms with Crippen LogP contribution in [0.1, 0.15) is 23.2 Å². The summed E-state index contributed by atoms with van der Waals surface area (Å²) in [6.07, 6.45) is 5.34. The first-order valence-electron chi connectivity index (χ1n) is 7.08. The minimum absolute atomic E-state index is 0.115. The zero-order chi connectivity index (χ0) is 14.2. The molecule has 0 radical (unpaired) electrons. The van der Waals surface area contributed by atoms with Crippen molar-refractivity contribution in [1.29, 1.82) is 0 Å². The summed E-state index contributed by atoms with van der Waals surface area (Å²) >= 11 is 1.57. The molecular weight excluding hydrogens is 286 g/mol. The third kappa shape index (κ3) is 2.08. The second kappa shape index (κ2) is 5.07. The Morgan fingerprint density at radius 1 is 1.19 bits per heavy atom. The highest BCUT2D eigenvalue weighted by Gasteiger charge is 2.45. The van der Waals surface area contributed by atoms with Gasteiger partial charge in [0.1, 0.15) is 5.51 Å². The van der Waals surface area contributed by atoms with E-state index in [1.165, 1.54) is 0 Å². The van der Waals surface area contributed by atoms with E-state index in [2.05, 4.69) is 20.1 Å². The molecule has 7 heteroatoms. The summed E-state index contributed by atoms with van der Waals surface area (Å²) in [6, 6.07) is 4.23. The van der Waals surface area contributed by atoms with E-state index in [0.717, 1.165) is 36.6 Å². The highest BCUT2D eigenvalue weighted by Crippen LogP contribution is 2.36. The molecule has 2 aromatic heterocycles. The van der Waals surface area contributed by atoms with Crippen molar-refractivity contribution in [2.24, 2.45) is 0 Å².